The molecule has 5 heteroatoms. The Morgan fingerprint density at radius 1 is 1.14 bits per heavy atom. The van der Waals surface area contributed by atoms with Gasteiger partial charge in [0.05, 0.1) is 0 Å². The molecule has 1 aromatic carbocycles. The van der Waals surface area contributed by atoms with Crippen molar-refractivity contribution in [1.29, 1.82) is 0 Å². The Hall–Kier alpha value is -0.700. The van der Waals surface area contributed by atoms with Crippen LogP contribution in [-0.2, 0) is 0 Å². The summed E-state index contributed by atoms with van der Waals surface area (Å²) in [5, 5.41) is 0. The number of hydrogen-bond acceptors (Lipinski definition) is 2. The third-order valence-corrected chi connectivity index (χ3v) is 5.68. The minimum atomic E-state index is 0.108. The molecule has 0 spiro atoms. The van der Waals surface area contributed by atoms with Gasteiger partial charge in [-0.2, -0.15) is 0 Å². The summed E-state index contributed by atoms with van der Waals surface area (Å²) in [6.45, 7) is 7.66. The smallest absolute Gasteiger partial charge is 0.253 e. The van der Waals surface area contributed by atoms with E-state index < -0.39 is 0 Å². The largest absolute Gasteiger partial charge is 0.339 e. The molecule has 1 saturated heterocycles. The van der Waals surface area contributed by atoms with Crippen LogP contribution in [0.2, 0.25) is 0 Å². The Kier molecular flexibility index (Phi) is 6.61. The van der Waals surface area contributed by atoms with Crippen molar-refractivity contribution in [2.24, 2.45) is 0 Å². The van der Waals surface area contributed by atoms with Gasteiger partial charge >= 0.3 is 0 Å². The zero-order valence-electron chi connectivity index (χ0n) is 13.3. The molecule has 1 aromatic rings. The summed E-state index contributed by atoms with van der Waals surface area (Å²) in [6, 6.07) is 7.95. The van der Waals surface area contributed by atoms with Crippen molar-refractivity contribution in [3.8, 4) is 0 Å². The highest BCUT2D eigenvalue weighted by atomic mass is 79.9. The number of carbonyl (C=O) groups excluding carboxylic acids is 1. The van der Waals surface area contributed by atoms with Crippen LogP contribution in [0.15, 0.2) is 29.8 Å². The highest BCUT2D eigenvalue weighted by Gasteiger charge is 2.15. The van der Waals surface area contributed by atoms with Crippen LogP contribution in [-0.4, -0.2) is 41.7 Å². The molecule has 1 amide bonds. The lowest BCUT2D eigenvalue weighted by Crippen LogP contribution is -2.30. The van der Waals surface area contributed by atoms with Crippen molar-refractivity contribution in [2.75, 3.05) is 26.2 Å². The Bertz CT molecular complexity index is 542. The molecule has 0 aliphatic carbocycles. The first-order valence-corrected chi connectivity index (χ1v) is 9.14. The summed E-state index contributed by atoms with van der Waals surface area (Å²) in [6.07, 6.45) is 2.18. The van der Waals surface area contributed by atoms with E-state index in [1.165, 1.54) is 10.1 Å². The number of hydrogen-bond donors (Lipinski definition) is 0. The van der Waals surface area contributed by atoms with E-state index in [4.69, 9.17) is 0 Å². The third-order valence-electron chi connectivity index (χ3n) is 4.15. The van der Waals surface area contributed by atoms with Gasteiger partial charge in [-0.25, -0.2) is 0 Å². The van der Waals surface area contributed by atoms with Crippen LogP contribution >= 0.6 is 25.3 Å². The Morgan fingerprint density at radius 3 is 2.14 bits per heavy atom. The standard InChI is InChI=1S/C17H24BrN2OP/c1-3-19(4-2)17(21)15-7-5-13(6-8-15)16(18)14-9-11-20(22)12-10-14/h5-8H,3-4,9-12,22H2,1-2H3. The van der Waals surface area contributed by atoms with E-state index >= 15 is 0 Å². The maximum atomic E-state index is 12.3. The Balaban J connectivity index is 2.15. The van der Waals surface area contributed by atoms with Gasteiger partial charge in [-0.05, 0) is 44.4 Å². The molecule has 3 nitrogen and oxygen atoms in total. The van der Waals surface area contributed by atoms with E-state index in [-0.39, 0.29) is 5.91 Å². The quantitative estimate of drug-likeness (QED) is 0.729. The number of carbonyl (C=O) groups is 1. The summed E-state index contributed by atoms with van der Waals surface area (Å²) >= 11 is 3.74. The first-order valence-electron chi connectivity index (χ1n) is 7.83. The second-order valence-corrected chi connectivity index (χ2v) is 7.03. The fraction of sp³-hybridized carbons (Fsp3) is 0.471. The predicted molar refractivity (Wildman–Crippen MR) is 100 cm³/mol. The third kappa shape index (κ3) is 4.18. The zero-order chi connectivity index (χ0) is 16.1. The van der Waals surface area contributed by atoms with Crippen LogP contribution in [0.4, 0.5) is 0 Å². The number of benzene rings is 1. The van der Waals surface area contributed by atoms with E-state index in [0.717, 1.165) is 50.1 Å². The predicted octanol–water partition coefficient (Wildman–Crippen LogP) is 4.16. The molecular formula is C17H24BrN2OP. The molecule has 0 N–H and O–H groups in total. The number of piperidine rings is 1. The van der Waals surface area contributed by atoms with Crippen LogP contribution < -0.4 is 0 Å². The molecule has 1 fully saturated rings. The highest BCUT2D eigenvalue weighted by Crippen LogP contribution is 2.32. The van der Waals surface area contributed by atoms with Gasteiger partial charge in [0.15, 0.2) is 0 Å². The number of rotatable bonds is 4. The average molecular weight is 383 g/mol. The van der Waals surface area contributed by atoms with Crippen molar-refractivity contribution in [3.63, 3.8) is 0 Å². The molecule has 1 heterocycles. The molecule has 0 radical (unpaired) electrons. The molecule has 1 aliphatic heterocycles. The number of halogens is 1. The van der Waals surface area contributed by atoms with E-state index in [2.05, 4.69) is 30.0 Å². The fourth-order valence-corrected chi connectivity index (χ4v) is 3.59. The first-order chi connectivity index (χ1) is 10.6. The first kappa shape index (κ1) is 17.7. The number of amides is 1. The molecule has 120 valence electrons. The molecule has 1 unspecified atom stereocenters. The lowest BCUT2D eigenvalue weighted by Gasteiger charge is -2.25. The van der Waals surface area contributed by atoms with Crippen molar-refractivity contribution in [3.05, 3.63) is 41.0 Å². The van der Waals surface area contributed by atoms with Crippen LogP contribution in [0, 0.1) is 0 Å². The van der Waals surface area contributed by atoms with Gasteiger partial charge in [0.2, 0.25) is 0 Å². The molecule has 2 rings (SSSR count). The van der Waals surface area contributed by atoms with Crippen LogP contribution in [0.1, 0.15) is 42.6 Å². The summed E-state index contributed by atoms with van der Waals surface area (Å²) in [4.78, 5) is 14.2. The molecular weight excluding hydrogens is 359 g/mol. The molecule has 1 atom stereocenters. The van der Waals surface area contributed by atoms with Gasteiger partial charge in [0, 0.05) is 36.2 Å². The topological polar surface area (TPSA) is 23.6 Å². The second-order valence-electron chi connectivity index (χ2n) is 5.51. The average Bonchev–Trinajstić information content (AvgIpc) is 2.56. The monoisotopic (exact) mass is 382 g/mol. The van der Waals surface area contributed by atoms with Crippen molar-refractivity contribution in [1.82, 2.24) is 9.57 Å². The summed E-state index contributed by atoms with van der Waals surface area (Å²) < 4.78 is 3.46. The maximum Gasteiger partial charge on any atom is 0.253 e. The van der Waals surface area contributed by atoms with Crippen molar-refractivity contribution < 1.29 is 4.79 Å². The SMILES string of the molecule is CCN(CC)C(=O)c1ccc(C(Br)=C2CCN(P)CC2)cc1. The minimum Gasteiger partial charge on any atom is -0.339 e. The van der Waals surface area contributed by atoms with Gasteiger partial charge in [-0.3, -0.25) is 9.46 Å². The van der Waals surface area contributed by atoms with E-state index in [1.807, 2.05) is 43.0 Å². The molecule has 0 aromatic heterocycles. The maximum absolute atomic E-state index is 12.3. The highest BCUT2D eigenvalue weighted by molar-refractivity contribution is 9.15. The lowest BCUT2D eigenvalue weighted by atomic mass is 10.0. The van der Waals surface area contributed by atoms with Gasteiger partial charge in [0.25, 0.3) is 5.91 Å². The zero-order valence-corrected chi connectivity index (χ0v) is 16.1. The summed E-state index contributed by atoms with van der Waals surface area (Å²) in [5.41, 5.74) is 3.38. The fourth-order valence-electron chi connectivity index (χ4n) is 2.67. The summed E-state index contributed by atoms with van der Waals surface area (Å²) in [5.74, 6) is 0.108. The Labute approximate surface area is 144 Å². The minimum absolute atomic E-state index is 0.108. The van der Waals surface area contributed by atoms with E-state index in [1.54, 1.807) is 0 Å². The second kappa shape index (κ2) is 8.24. The van der Waals surface area contributed by atoms with Gasteiger partial charge < -0.3 is 4.90 Å². The molecule has 22 heavy (non-hydrogen) atoms. The molecule has 0 bridgehead atoms. The van der Waals surface area contributed by atoms with Crippen LogP contribution in [0.3, 0.4) is 0 Å². The summed E-state index contributed by atoms with van der Waals surface area (Å²) in [7, 11) is 2.77. The van der Waals surface area contributed by atoms with Gasteiger partial charge in [-0.15, -0.1) is 0 Å². The van der Waals surface area contributed by atoms with E-state index in [9.17, 15) is 4.79 Å². The van der Waals surface area contributed by atoms with Crippen LogP contribution in [0.5, 0.6) is 0 Å². The lowest BCUT2D eigenvalue weighted by molar-refractivity contribution is 0.0773. The molecule has 0 saturated carbocycles. The number of nitrogens with zero attached hydrogens (tertiary/aromatic N) is 2. The van der Waals surface area contributed by atoms with Gasteiger partial charge in [0.1, 0.15) is 0 Å². The van der Waals surface area contributed by atoms with Crippen molar-refractivity contribution >= 4 is 35.7 Å². The normalized spacial score (nSPS) is 15.7. The van der Waals surface area contributed by atoms with Crippen LogP contribution in [0.25, 0.3) is 4.48 Å². The van der Waals surface area contributed by atoms with Gasteiger partial charge in [-0.1, -0.05) is 43.0 Å². The van der Waals surface area contributed by atoms with Crippen molar-refractivity contribution in [2.45, 2.75) is 26.7 Å². The van der Waals surface area contributed by atoms with E-state index in [0.29, 0.717) is 0 Å². The molecule has 1 aliphatic rings. The Morgan fingerprint density at radius 2 is 1.64 bits per heavy atom.